The van der Waals surface area contributed by atoms with E-state index in [9.17, 15) is 4.79 Å². The number of nitrogens with zero attached hydrogens (tertiary/aromatic N) is 1. The van der Waals surface area contributed by atoms with Crippen LogP contribution >= 0.6 is 61.1 Å². The van der Waals surface area contributed by atoms with Crippen molar-refractivity contribution in [2.24, 2.45) is 0 Å². The Morgan fingerprint density at radius 1 is 1.67 bits per heavy atom. The number of hydrogen-bond acceptors (Lipinski definition) is 2. The van der Waals surface area contributed by atoms with E-state index in [1.807, 2.05) is 6.07 Å². The third-order valence-corrected chi connectivity index (χ3v) is 2.55. The fourth-order valence-corrected chi connectivity index (χ4v) is 2.22. The van der Waals surface area contributed by atoms with E-state index in [0.29, 0.717) is 5.82 Å². The molecule has 1 aromatic rings. The molecule has 0 atom stereocenters. The minimum Gasteiger partial charge on any atom is -0.301 e. The molecule has 1 N–H and O–H groups in total. The first-order chi connectivity index (χ1) is 5.59. The SMILES string of the molecule is O=C(I)Nc1ncc(Br)cc1I. The standard InChI is InChI=1S/C6H3BrI2N2O/c7-3-1-4(8)5(10-2-3)11-6(9)12/h1-2H,(H,10,11,12). The largest absolute Gasteiger partial charge is 0.301 e. The molecule has 0 aliphatic rings. The lowest BCUT2D eigenvalue weighted by molar-refractivity contribution is 0.271. The van der Waals surface area contributed by atoms with Crippen LogP contribution in [0.3, 0.4) is 0 Å². The maximum atomic E-state index is 10.7. The second-order valence-electron chi connectivity index (χ2n) is 1.88. The van der Waals surface area contributed by atoms with Gasteiger partial charge in [0.05, 0.1) is 3.57 Å². The normalized spacial score (nSPS) is 9.58. The molecule has 64 valence electrons. The Kier molecular flexibility index (Phi) is 4.17. The Labute approximate surface area is 105 Å². The number of carbonyl (C=O) groups excluding carboxylic acids is 1. The topological polar surface area (TPSA) is 42.0 Å². The molecule has 0 spiro atoms. The summed E-state index contributed by atoms with van der Waals surface area (Å²) in [5.74, 6) is 0.596. The molecule has 0 aliphatic carbocycles. The molecule has 0 aromatic carbocycles. The van der Waals surface area contributed by atoms with Crippen LogP contribution in [0.5, 0.6) is 0 Å². The Morgan fingerprint density at radius 2 is 2.33 bits per heavy atom. The predicted octanol–water partition coefficient (Wildman–Crippen LogP) is 3.42. The summed E-state index contributed by atoms with van der Waals surface area (Å²) in [4.78, 5) is 14.7. The first-order valence-electron chi connectivity index (χ1n) is 2.87. The van der Waals surface area contributed by atoms with E-state index in [4.69, 9.17) is 0 Å². The van der Waals surface area contributed by atoms with Gasteiger partial charge in [-0.1, -0.05) is 0 Å². The fraction of sp³-hybridized carbons (Fsp3) is 0. The van der Waals surface area contributed by atoms with Crippen LogP contribution in [0.25, 0.3) is 0 Å². The third kappa shape index (κ3) is 3.13. The van der Waals surface area contributed by atoms with E-state index in [0.717, 1.165) is 8.04 Å². The molecule has 0 radical (unpaired) electrons. The van der Waals surface area contributed by atoms with Gasteiger partial charge in [0.2, 0.25) is 0 Å². The van der Waals surface area contributed by atoms with Gasteiger partial charge >= 0.3 is 0 Å². The lowest BCUT2D eigenvalue weighted by atomic mass is 10.5. The molecule has 0 unspecified atom stereocenters. The van der Waals surface area contributed by atoms with Crippen molar-refractivity contribution >= 4 is 70.8 Å². The summed E-state index contributed by atoms with van der Waals surface area (Å²) in [6, 6.07) is 1.88. The summed E-state index contributed by atoms with van der Waals surface area (Å²) in [5.41, 5.74) is 0. The molecule has 3 nitrogen and oxygen atoms in total. The quantitative estimate of drug-likeness (QED) is 0.403. The lowest BCUT2D eigenvalue weighted by Gasteiger charge is -2.02. The Bertz CT molecular complexity index is 318. The van der Waals surface area contributed by atoms with E-state index in [2.05, 4.69) is 48.8 Å². The van der Waals surface area contributed by atoms with Crippen LogP contribution in [0.4, 0.5) is 10.6 Å². The zero-order valence-electron chi connectivity index (χ0n) is 5.64. The molecule has 6 heteroatoms. The number of amides is 1. The molecular weight excluding hydrogens is 450 g/mol. The van der Waals surface area contributed by atoms with E-state index < -0.39 is 0 Å². The van der Waals surface area contributed by atoms with Crippen LogP contribution in [-0.4, -0.2) is 8.90 Å². The molecule has 1 heterocycles. The van der Waals surface area contributed by atoms with E-state index in [1.165, 1.54) is 0 Å². The monoisotopic (exact) mass is 452 g/mol. The van der Waals surface area contributed by atoms with Gasteiger partial charge in [0.15, 0.2) is 0 Å². The molecule has 1 amide bonds. The van der Waals surface area contributed by atoms with Crippen LogP contribution in [0.15, 0.2) is 16.7 Å². The van der Waals surface area contributed by atoms with Gasteiger partial charge in [0, 0.05) is 33.3 Å². The highest BCUT2D eigenvalue weighted by atomic mass is 127. The Balaban J connectivity index is 2.93. The van der Waals surface area contributed by atoms with Crippen molar-refractivity contribution in [2.45, 2.75) is 0 Å². The number of halogens is 3. The Hall–Kier alpha value is 0.560. The van der Waals surface area contributed by atoms with Crippen molar-refractivity contribution in [1.29, 1.82) is 0 Å². The van der Waals surface area contributed by atoms with E-state index >= 15 is 0 Å². The van der Waals surface area contributed by atoms with Gasteiger partial charge in [0.25, 0.3) is 3.91 Å². The van der Waals surface area contributed by atoms with Gasteiger partial charge in [-0.15, -0.1) is 0 Å². The van der Waals surface area contributed by atoms with Gasteiger partial charge < -0.3 is 5.32 Å². The van der Waals surface area contributed by atoms with Crippen molar-refractivity contribution in [1.82, 2.24) is 4.98 Å². The predicted molar refractivity (Wildman–Crippen MR) is 67.7 cm³/mol. The first kappa shape index (κ1) is 10.6. The van der Waals surface area contributed by atoms with Crippen molar-refractivity contribution in [2.75, 3.05) is 5.32 Å². The van der Waals surface area contributed by atoms with Gasteiger partial charge in [0.1, 0.15) is 5.82 Å². The van der Waals surface area contributed by atoms with Crippen LogP contribution in [-0.2, 0) is 0 Å². The number of hydrogen-bond donors (Lipinski definition) is 1. The minimum absolute atomic E-state index is 0.139. The summed E-state index contributed by atoms with van der Waals surface area (Å²) in [6.45, 7) is 0. The highest BCUT2D eigenvalue weighted by molar-refractivity contribution is 14.1. The van der Waals surface area contributed by atoms with Crippen molar-refractivity contribution in [3.8, 4) is 0 Å². The van der Waals surface area contributed by atoms with Crippen LogP contribution in [0, 0.1) is 3.57 Å². The smallest absolute Gasteiger partial charge is 0.286 e. The third-order valence-electron chi connectivity index (χ3n) is 1.02. The van der Waals surface area contributed by atoms with Crippen LogP contribution in [0.1, 0.15) is 0 Å². The lowest BCUT2D eigenvalue weighted by Crippen LogP contribution is -2.04. The number of carbonyl (C=O) groups is 1. The van der Waals surface area contributed by atoms with Crippen molar-refractivity contribution in [3.05, 3.63) is 20.3 Å². The number of aromatic nitrogens is 1. The molecule has 0 fully saturated rings. The molecule has 0 saturated heterocycles. The average Bonchev–Trinajstić information content (AvgIpc) is 1.94. The average molecular weight is 453 g/mol. The number of nitrogens with one attached hydrogen (secondary N) is 1. The zero-order chi connectivity index (χ0) is 9.14. The number of rotatable bonds is 1. The molecular formula is C6H3BrI2N2O. The second kappa shape index (κ2) is 4.70. The van der Waals surface area contributed by atoms with Gasteiger partial charge in [-0.2, -0.15) is 0 Å². The van der Waals surface area contributed by atoms with E-state index in [1.54, 1.807) is 28.8 Å². The van der Waals surface area contributed by atoms with Gasteiger partial charge in [-0.05, 0) is 44.6 Å². The molecule has 1 rings (SSSR count). The number of pyridine rings is 1. The molecule has 12 heavy (non-hydrogen) atoms. The van der Waals surface area contributed by atoms with Crippen LogP contribution in [0.2, 0.25) is 0 Å². The second-order valence-corrected chi connectivity index (χ2v) is 4.94. The number of anilines is 1. The highest BCUT2D eigenvalue weighted by Gasteiger charge is 2.03. The maximum absolute atomic E-state index is 10.7. The summed E-state index contributed by atoms with van der Waals surface area (Å²) in [5, 5.41) is 2.61. The summed E-state index contributed by atoms with van der Waals surface area (Å²) >= 11 is 7.06. The van der Waals surface area contributed by atoms with Crippen molar-refractivity contribution in [3.63, 3.8) is 0 Å². The first-order valence-corrected chi connectivity index (χ1v) is 5.82. The Morgan fingerprint density at radius 3 is 2.83 bits per heavy atom. The fourth-order valence-electron chi connectivity index (χ4n) is 0.600. The summed E-state index contributed by atoms with van der Waals surface area (Å²) in [6.07, 6.45) is 1.64. The van der Waals surface area contributed by atoms with Gasteiger partial charge in [-0.25, -0.2) is 4.98 Å². The molecule has 0 saturated carbocycles. The zero-order valence-corrected chi connectivity index (χ0v) is 11.5. The summed E-state index contributed by atoms with van der Waals surface area (Å²) < 4.78 is 1.67. The summed E-state index contributed by atoms with van der Waals surface area (Å²) in [7, 11) is 0. The van der Waals surface area contributed by atoms with Gasteiger partial charge in [-0.3, -0.25) is 4.79 Å². The highest BCUT2D eigenvalue weighted by Crippen LogP contribution is 2.19. The molecule has 0 bridgehead atoms. The minimum atomic E-state index is -0.139. The van der Waals surface area contributed by atoms with E-state index in [-0.39, 0.29) is 3.91 Å². The van der Waals surface area contributed by atoms with Crippen molar-refractivity contribution < 1.29 is 4.79 Å². The molecule has 0 aliphatic heterocycles. The molecule has 1 aromatic heterocycles. The maximum Gasteiger partial charge on any atom is 0.286 e. The van der Waals surface area contributed by atoms with Crippen LogP contribution < -0.4 is 5.32 Å².